The third-order valence-corrected chi connectivity index (χ3v) is 3.95. The summed E-state index contributed by atoms with van der Waals surface area (Å²) in [4.78, 5) is 8.48. The van der Waals surface area contributed by atoms with E-state index >= 15 is 0 Å². The van der Waals surface area contributed by atoms with Crippen molar-refractivity contribution < 1.29 is 13.5 Å². The van der Waals surface area contributed by atoms with Crippen molar-refractivity contribution in [1.29, 1.82) is 0 Å². The van der Waals surface area contributed by atoms with Crippen LogP contribution in [0.15, 0.2) is 48.5 Å². The highest BCUT2D eigenvalue weighted by Crippen LogP contribution is 2.22. The Morgan fingerprint density at radius 3 is 2.48 bits per heavy atom. The second-order valence-electron chi connectivity index (χ2n) is 5.93. The van der Waals surface area contributed by atoms with E-state index in [1.54, 1.807) is 20.1 Å². The van der Waals surface area contributed by atoms with Gasteiger partial charge in [-0.05, 0) is 37.1 Å². The predicted octanol–water partition coefficient (Wildman–Crippen LogP) is 4.47. The van der Waals surface area contributed by atoms with Crippen LogP contribution in [0.2, 0.25) is 0 Å². The number of rotatable bonds is 7. The van der Waals surface area contributed by atoms with E-state index in [1.807, 2.05) is 24.3 Å². The van der Waals surface area contributed by atoms with Gasteiger partial charge in [-0.2, -0.15) is 4.98 Å². The first kappa shape index (κ1) is 18.6. The molecule has 0 bridgehead atoms. The molecule has 0 saturated carbocycles. The predicted molar refractivity (Wildman–Crippen MR) is 102 cm³/mol. The van der Waals surface area contributed by atoms with Crippen LogP contribution in [0.4, 0.5) is 26.2 Å². The fourth-order valence-electron chi connectivity index (χ4n) is 2.68. The Labute approximate surface area is 156 Å². The average Bonchev–Trinajstić information content (AvgIpc) is 2.65. The van der Waals surface area contributed by atoms with Crippen LogP contribution < -0.4 is 15.4 Å². The zero-order valence-corrected chi connectivity index (χ0v) is 15.1. The van der Waals surface area contributed by atoms with Gasteiger partial charge in [0.2, 0.25) is 5.95 Å². The highest BCUT2D eigenvalue weighted by Gasteiger charge is 2.11. The molecule has 7 heteroatoms. The number of aromatic nitrogens is 2. The van der Waals surface area contributed by atoms with Crippen LogP contribution in [0, 0.1) is 18.6 Å². The first-order valence-electron chi connectivity index (χ1n) is 8.49. The van der Waals surface area contributed by atoms with Gasteiger partial charge in [-0.1, -0.05) is 24.3 Å². The summed E-state index contributed by atoms with van der Waals surface area (Å²) >= 11 is 0. The molecule has 140 valence electrons. The van der Waals surface area contributed by atoms with E-state index in [4.69, 9.17) is 4.74 Å². The number of aryl methyl sites for hydroxylation is 1. The van der Waals surface area contributed by atoms with Crippen molar-refractivity contribution in [1.82, 2.24) is 9.97 Å². The van der Waals surface area contributed by atoms with Crippen molar-refractivity contribution in [2.75, 3.05) is 24.3 Å². The summed E-state index contributed by atoms with van der Waals surface area (Å²) in [6.07, 6.45) is 0.734. The van der Waals surface area contributed by atoms with Gasteiger partial charge in [0.25, 0.3) is 0 Å². The Morgan fingerprint density at radius 1 is 1.00 bits per heavy atom. The Bertz CT molecular complexity index is 913. The van der Waals surface area contributed by atoms with Crippen molar-refractivity contribution in [2.24, 2.45) is 0 Å². The summed E-state index contributed by atoms with van der Waals surface area (Å²) in [5, 5.41) is 5.82. The van der Waals surface area contributed by atoms with Gasteiger partial charge in [0.1, 0.15) is 28.9 Å². The molecule has 0 aliphatic carbocycles. The molecule has 27 heavy (non-hydrogen) atoms. The summed E-state index contributed by atoms with van der Waals surface area (Å²) in [7, 11) is 1.64. The quantitative estimate of drug-likeness (QED) is 0.643. The maximum atomic E-state index is 13.8. The lowest BCUT2D eigenvalue weighted by Crippen LogP contribution is -2.10. The fraction of sp³-hybridized carbons (Fsp3) is 0.200. The SMILES string of the molecule is COc1ccccc1CCNc1cc(C)nc(Nc2c(F)cccc2F)n1. The number of hydrogen-bond donors (Lipinski definition) is 2. The number of hydrogen-bond acceptors (Lipinski definition) is 5. The van der Waals surface area contributed by atoms with Crippen molar-refractivity contribution in [3.63, 3.8) is 0 Å². The van der Waals surface area contributed by atoms with Crippen molar-refractivity contribution >= 4 is 17.5 Å². The average molecular weight is 370 g/mol. The molecular formula is C20H20F2N4O. The Hall–Kier alpha value is -3.22. The van der Waals surface area contributed by atoms with Gasteiger partial charge in [-0.3, -0.25) is 0 Å². The molecule has 2 N–H and O–H groups in total. The number of halogens is 2. The topological polar surface area (TPSA) is 59.1 Å². The molecule has 1 heterocycles. The maximum absolute atomic E-state index is 13.8. The second kappa shape index (κ2) is 8.44. The fourth-order valence-corrected chi connectivity index (χ4v) is 2.68. The lowest BCUT2D eigenvalue weighted by molar-refractivity contribution is 0.410. The van der Waals surface area contributed by atoms with Crippen molar-refractivity contribution in [2.45, 2.75) is 13.3 Å². The Balaban J connectivity index is 1.70. The minimum atomic E-state index is -0.703. The summed E-state index contributed by atoms with van der Waals surface area (Å²) in [6.45, 7) is 2.40. The molecule has 0 fully saturated rings. The molecule has 0 spiro atoms. The van der Waals surface area contributed by atoms with Gasteiger partial charge in [-0.15, -0.1) is 0 Å². The van der Waals surface area contributed by atoms with Gasteiger partial charge in [0.05, 0.1) is 7.11 Å². The second-order valence-corrected chi connectivity index (χ2v) is 5.93. The first-order chi connectivity index (χ1) is 13.1. The molecule has 0 unspecified atom stereocenters. The van der Waals surface area contributed by atoms with Crippen LogP contribution >= 0.6 is 0 Å². The third-order valence-electron chi connectivity index (χ3n) is 3.95. The Morgan fingerprint density at radius 2 is 1.74 bits per heavy atom. The molecule has 0 aliphatic heterocycles. The van der Waals surface area contributed by atoms with Crippen LogP contribution in [0.25, 0.3) is 0 Å². The normalized spacial score (nSPS) is 10.5. The number of benzene rings is 2. The maximum Gasteiger partial charge on any atom is 0.229 e. The van der Waals surface area contributed by atoms with E-state index in [1.165, 1.54) is 18.2 Å². The van der Waals surface area contributed by atoms with E-state index in [-0.39, 0.29) is 11.6 Å². The Kier molecular flexibility index (Phi) is 5.80. The van der Waals surface area contributed by atoms with Gasteiger partial charge >= 0.3 is 0 Å². The third kappa shape index (κ3) is 4.69. The zero-order chi connectivity index (χ0) is 19.2. The highest BCUT2D eigenvalue weighted by molar-refractivity contribution is 5.56. The summed E-state index contributed by atoms with van der Waals surface area (Å²) in [5.74, 6) is 0.113. The molecule has 0 atom stereocenters. The molecular weight excluding hydrogens is 350 g/mol. The first-order valence-corrected chi connectivity index (χ1v) is 8.49. The monoisotopic (exact) mass is 370 g/mol. The van der Waals surface area contributed by atoms with Crippen LogP contribution in [0.3, 0.4) is 0 Å². The number of methoxy groups -OCH3 is 1. The molecule has 0 radical (unpaired) electrons. The largest absolute Gasteiger partial charge is 0.496 e. The van der Waals surface area contributed by atoms with Crippen molar-refractivity contribution in [3.8, 4) is 5.75 Å². The molecule has 3 aromatic rings. The minimum Gasteiger partial charge on any atom is -0.496 e. The smallest absolute Gasteiger partial charge is 0.229 e. The van der Waals surface area contributed by atoms with Crippen LogP contribution in [-0.2, 0) is 6.42 Å². The lowest BCUT2D eigenvalue weighted by Gasteiger charge is -2.12. The van der Waals surface area contributed by atoms with E-state index < -0.39 is 11.6 Å². The molecule has 5 nitrogen and oxygen atoms in total. The van der Waals surface area contributed by atoms with Gasteiger partial charge in [-0.25, -0.2) is 13.8 Å². The van der Waals surface area contributed by atoms with Gasteiger partial charge in [0.15, 0.2) is 0 Å². The summed E-state index contributed by atoms with van der Waals surface area (Å²) in [6, 6.07) is 13.2. The van der Waals surface area contributed by atoms with Crippen LogP contribution in [-0.4, -0.2) is 23.6 Å². The number of anilines is 3. The highest BCUT2D eigenvalue weighted by atomic mass is 19.1. The van der Waals surface area contributed by atoms with Gasteiger partial charge < -0.3 is 15.4 Å². The van der Waals surface area contributed by atoms with E-state index in [2.05, 4.69) is 20.6 Å². The number of para-hydroxylation sites is 2. The molecule has 0 aliphatic rings. The molecule has 0 saturated heterocycles. The summed E-state index contributed by atoms with van der Waals surface area (Å²) < 4.78 is 33.0. The van der Waals surface area contributed by atoms with Gasteiger partial charge in [0, 0.05) is 18.3 Å². The zero-order valence-electron chi connectivity index (χ0n) is 15.1. The summed E-state index contributed by atoms with van der Waals surface area (Å²) in [5.41, 5.74) is 1.47. The van der Waals surface area contributed by atoms with E-state index in [9.17, 15) is 8.78 Å². The standard InChI is InChI=1S/C20H20F2N4O/c1-13-12-18(23-11-10-14-6-3-4-9-17(14)27-2)25-20(24-13)26-19-15(21)7-5-8-16(19)22/h3-9,12H,10-11H2,1-2H3,(H2,23,24,25,26). The number of nitrogens with one attached hydrogen (secondary N) is 2. The molecule has 3 rings (SSSR count). The van der Waals surface area contributed by atoms with E-state index in [0.29, 0.717) is 18.1 Å². The van der Waals surface area contributed by atoms with Crippen molar-refractivity contribution in [3.05, 3.63) is 71.4 Å². The van der Waals surface area contributed by atoms with Crippen LogP contribution in [0.1, 0.15) is 11.3 Å². The lowest BCUT2D eigenvalue weighted by atomic mass is 10.1. The number of nitrogens with zero attached hydrogens (tertiary/aromatic N) is 2. The molecule has 1 aromatic heterocycles. The van der Waals surface area contributed by atoms with Crippen LogP contribution in [0.5, 0.6) is 5.75 Å². The molecule has 2 aromatic carbocycles. The molecule has 0 amide bonds. The number of ether oxygens (including phenoxy) is 1. The minimum absolute atomic E-state index is 0.124. The van der Waals surface area contributed by atoms with E-state index in [0.717, 1.165) is 17.7 Å².